The maximum atomic E-state index is 4.75. The Morgan fingerprint density at radius 3 is 2.48 bits per heavy atom. The number of nitrogens with one attached hydrogen (secondary N) is 2. The van der Waals surface area contributed by atoms with E-state index in [-0.39, 0.29) is 0 Å². The molecular weight excluding hydrogens is 260 g/mol. The van der Waals surface area contributed by atoms with Crippen LogP contribution in [0.5, 0.6) is 0 Å². The monoisotopic (exact) mass is 288 g/mol. The summed E-state index contributed by atoms with van der Waals surface area (Å²) in [5, 5.41) is 7.00. The molecule has 3 atom stereocenters. The highest BCUT2D eigenvalue weighted by Gasteiger charge is 2.28. The minimum atomic E-state index is 0.563. The molecule has 0 spiro atoms. The predicted molar refractivity (Wildman–Crippen MR) is 87.8 cm³/mol. The molecule has 4 nitrogen and oxygen atoms in total. The standard InChI is InChI=1S/C17H28N4/c1-4-18-15-10-16(21-17(20-15)13-6-7-13)19-14-8-5-11(2)12(3)9-14/h10-14H,4-9H2,1-3H3,(H2,18,19,20,21). The van der Waals surface area contributed by atoms with Crippen LogP contribution in [0.3, 0.4) is 0 Å². The molecule has 21 heavy (non-hydrogen) atoms. The van der Waals surface area contributed by atoms with Gasteiger partial charge >= 0.3 is 0 Å². The van der Waals surface area contributed by atoms with E-state index in [0.717, 1.165) is 35.8 Å². The van der Waals surface area contributed by atoms with E-state index in [4.69, 9.17) is 4.98 Å². The molecule has 3 rings (SSSR count). The third-order valence-electron chi connectivity index (χ3n) is 4.99. The van der Waals surface area contributed by atoms with E-state index in [1.807, 2.05) is 0 Å². The van der Waals surface area contributed by atoms with Crippen LogP contribution in [0.4, 0.5) is 11.6 Å². The lowest BCUT2D eigenvalue weighted by Gasteiger charge is -2.32. The summed E-state index contributed by atoms with van der Waals surface area (Å²) >= 11 is 0. The van der Waals surface area contributed by atoms with Gasteiger partial charge in [0.25, 0.3) is 0 Å². The number of hydrogen-bond donors (Lipinski definition) is 2. The molecule has 2 aliphatic rings. The third kappa shape index (κ3) is 3.66. The first-order valence-corrected chi connectivity index (χ1v) is 8.55. The van der Waals surface area contributed by atoms with Crippen LogP contribution in [0, 0.1) is 11.8 Å². The van der Waals surface area contributed by atoms with Crippen LogP contribution >= 0.6 is 0 Å². The van der Waals surface area contributed by atoms with Crippen LogP contribution in [0.15, 0.2) is 6.07 Å². The number of anilines is 2. The number of rotatable bonds is 5. The fourth-order valence-electron chi connectivity index (χ4n) is 3.22. The molecule has 4 heteroatoms. The van der Waals surface area contributed by atoms with Crippen molar-refractivity contribution in [3.05, 3.63) is 11.9 Å². The first kappa shape index (κ1) is 14.6. The molecule has 2 saturated carbocycles. The maximum absolute atomic E-state index is 4.75. The lowest BCUT2D eigenvalue weighted by atomic mass is 9.79. The van der Waals surface area contributed by atoms with Crippen molar-refractivity contribution >= 4 is 11.6 Å². The first-order valence-electron chi connectivity index (χ1n) is 8.55. The Labute approximate surface area is 128 Å². The second kappa shape index (κ2) is 6.20. The van der Waals surface area contributed by atoms with Gasteiger partial charge in [-0.1, -0.05) is 13.8 Å². The summed E-state index contributed by atoms with van der Waals surface area (Å²) in [4.78, 5) is 9.40. The third-order valence-corrected chi connectivity index (χ3v) is 4.99. The van der Waals surface area contributed by atoms with E-state index in [9.17, 15) is 0 Å². The molecule has 2 fully saturated rings. The van der Waals surface area contributed by atoms with Crippen molar-refractivity contribution in [3.63, 3.8) is 0 Å². The zero-order valence-electron chi connectivity index (χ0n) is 13.5. The van der Waals surface area contributed by atoms with Gasteiger partial charge in [0, 0.05) is 24.6 Å². The molecule has 2 aliphatic carbocycles. The Balaban J connectivity index is 1.71. The molecule has 2 N–H and O–H groups in total. The van der Waals surface area contributed by atoms with Gasteiger partial charge in [0.15, 0.2) is 0 Å². The molecular formula is C17H28N4. The second-order valence-electron chi connectivity index (χ2n) is 6.91. The van der Waals surface area contributed by atoms with Crippen molar-refractivity contribution in [1.29, 1.82) is 0 Å². The van der Waals surface area contributed by atoms with Crippen LogP contribution in [0.1, 0.15) is 64.6 Å². The minimum absolute atomic E-state index is 0.563. The maximum Gasteiger partial charge on any atom is 0.136 e. The molecule has 0 bridgehead atoms. The normalized spacial score (nSPS) is 29.2. The molecule has 0 amide bonds. The molecule has 0 aromatic carbocycles. The van der Waals surface area contributed by atoms with Gasteiger partial charge in [-0.15, -0.1) is 0 Å². The van der Waals surface area contributed by atoms with Gasteiger partial charge in [0.05, 0.1) is 0 Å². The minimum Gasteiger partial charge on any atom is -0.370 e. The predicted octanol–water partition coefficient (Wildman–Crippen LogP) is 4.02. The van der Waals surface area contributed by atoms with Gasteiger partial charge < -0.3 is 10.6 Å². The zero-order chi connectivity index (χ0) is 14.8. The summed E-state index contributed by atoms with van der Waals surface area (Å²) < 4.78 is 0. The molecule has 0 aliphatic heterocycles. The van der Waals surface area contributed by atoms with Crippen LogP contribution in [-0.2, 0) is 0 Å². The Hall–Kier alpha value is -1.32. The van der Waals surface area contributed by atoms with Crippen molar-refractivity contribution in [2.75, 3.05) is 17.2 Å². The number of aromatic nitrogens is 2. The Bertz CT molecular complexity index is 484. The zero-order valence-corrected chi connectivity index (χ0v) is 13.5. The van der Waals surface area contributed by atoms with Gasteiger partial charge in [-0.05, 0) is 50.9 Å². The lowest BCUT2D eigenvalue weighted by molar-refractivity contribution is 0.260. The highest BCUT2D eigenvalue weighted by Crippen LogP contribution is 2.39. The van der Waals surface area contributed by atoms with Gasteiger partial charge in [-0.2, -0.15) is 0 Å². The van der Waals surface area contributed by atoms with E-state index < -0.39 is 0 Å². The molecule has 3 unspecified atom stereocenters. The Morgan fingerprint density at radius 1 is 1.05 bits per heavy atom. The van der Waals surface area contributed by atoms with Crippen molar-refractivity contribution < 1.29 is 0 Å². The quantitative estimate of drug-likeness (QED) is 0.859. The van der Waals surface area contributed by atoms with E-state index in [1.165, 1.54) is 32.1 Å². The van der Waals surface area contributed by atoms with E-state index in [2.05, 4.69) is 42.5 Å². The average Bonchev–Trinajstić information content (AvgIpc) is 3.28. The van der Waals surface area contributed by atoms with E-state index in [0.29, 0.717) is 12.0 Å². The van der Waals surface area contributed by atoms with Crippen LogP contribution in [0.2, 0.25) is 0 Å². The van der Waals surface area contributed by atoms with Crippen LogP contribution in [0.25, 0.3) is 0 Å². The summed E-state index contributed by atoms with van der Waals surface area (Å²) in [6.45, 7) is 7.76. The van der Waals surface area contributed by atoms with Gasteiger partial charge in [0.1, 0.15) is 17.5 Å². The van der Waals surface area contributed by atoms with Crippen LogP contribution < -0.4 is 10.6 Å². The van der Waals surface area contributed by atoms with Crippen LogP contribution in [-0.4, -0.2) is 22.6 Å². The van der Waals surface area contributed by atoms with Crippen molar-refractivity contribution in [3.8, 4) is 0 Å². The lowest BCUT2D eigenvalue weighted by Crippen LogP contribution is -2.30. The molecule has 0 saturated heterocycles. The van der Waals surface area contributed by atoms with Gasteiger partial charge in [-0.3, -0.25) is 0 Å². The first-order chi connectivity index (χ1) is 10.2. The van der Waals surface area contributed by atoms with E-state index >= 15 is 0 Å². The second-order valence-corrected chi connectivity index (χ2v) is 6.91. The molecule has 1 aromatic rings. The summed E-state index contributed by atoms with van der Waals surface area (Å²) in [6.07, 6.45) is 6.31. The summed E-state index contributed by atoms with van der Waals surface area (Å²) in [7, 11) is 0. The van der Waals surface area contributed by atoms with Crippen molar-refractivity contribution in [2.45, 2.75) is 64.8 Å². The average molecular weight is 288 g/mol. The number of nitrogens with zero attached hydrogens (tertiary/aromatic N) is 2. The van der Waals surface area contributed by atoms with Crippen molar-refractivity contribution in [2.24, 2.45) is 11.8 Å². The van der Waals surface area contributed by atoms with Crippen molar-refractivity contribution in [1.82, 2.24) is 9.97 Å². The fraction of sp³-hybridized carbons (Fsp3) is 0.765. The molecule has 1 aromatic heterocycles. The smallest absolute Gasteiger partial charge is 0.136 e. The highest BCUT2D eigenvalue weighted by atomic mass is 15.1. The Morgan fingerprint density at radius 2 is 1.81 bits per heavy atom. The summed E-state index contributed by atoms with van der Waals surface area (Å²) in [5.41, 5.74) is 0. The van der Waals surface area contributed by atoms with Gasteiger partial charge in [0.2, 0.25) is 0 Å². The highest BCUT2D eigenvalue weighted by molar-refractivity contribution is 5.48. The molecule has 116 valence electrons. The Kier molecular flexibility index (Phi) is 4.32. The van der Waals surface area contributed by atoms with Gasteiger partial charge in [-0.25, -0.2) is 9.97 Å². The largest absolute Gasteiger partial charge is 0.370 e. The van der Waals surface area contributed by atoms with E-state index in [1.54, 1.807) is 0 Å². The fourth-order valence-corrected chi connectivity index (χ4v) is 3.22. The topological polar surface area (TPSA) is 49.8 Å². The molecule has 0 radical (unpaired) electrons. The summed E-state index contributed by atoms with van der Waals surface area (Å²) in [5.74, 6) is 5.24. The SMILES string of the molecule is CCNc1cc(NC2CCC(C)C(C)C2)nc(C2CC2)n1. The number of hydrogen-bond acceptors (Lipinski definition) is 4. The summed E-state index contributed by atoms with van der Waals surface area (Å²) in [6, 6.07) is 2.63. The molecule has 1 heterocycles.